The minimum atomic E-state index is -0.0383. The summed E-state index contributed by atoms with van der Waals surface area (Å²) in [5.41, 5.74) is 2.73. The standard InChI is InChI=1S/C26H25N3O/c1-18(19-8-3-2-4-9-19)29-15-13-21(17-29)28-26(30)24-16-20-10-5-6-11-22(20)23-12-7-14-27-25(23)24/h2-12,14,16,18,21H,13,15,17H2,1H3,(H,28,30). The van der Waals surface area contributed by atoms with Gasteiger partial charge in [-0.25, -0.2) is 0 Å². The van der Waals surface area contributed by atoms with Gasteiger partial charge in [-0.3, -0.25) is 14.7 Å². The van der Waals surface area contributed by atoms with Crippen LogP contribution in [0.2, 0.25) is 0 Å². The van der Waals surface area contributed by atoms with Crippen LogP contribution in [-0.2, 0) is 0 Å². The van der Waals surface area contributed by atoms with E-state index in [0.29, 0.717) is 11.6 Å². The Morgan fingerprint density at radius 3 is 2.67 bits per heavy atom. The molecule has 0 spiro atoms. The van der Waals surface area contributed by atoms with Crippen LogP contribution in [0.15, 0.2) is 79.0 Å². The van der Waals surface area contributed by atoms with Crippen molar-refractivity contribution in [3.8, 4) is 0 Å². The van der Waals surface area contributed by atoms with E-state index in [2.05, 4.69) is 58.5 Å². The lowest BCUT2D eigenvalue weighted by Crippen LogP contribution is -2.37. The molecular formula is C26H25N3O. The highest BCUT2D eigenvalue weighted by Crippen LogP contribution is 2.28. The van der Waals surface area contributed by atoms with Gasteiger partial charge in [0, 0.05) is 36.8 Å². The quantitative estimate of drug-likeness (QED) is 0.497. The molecule has 1 saturated heterocycles. The predicted molar refractivity (Wildman–Crippen MR) is 122 cm³/mol. The smallest absolute Gasteiger partial charge is 0.253 e. The number of hydrogen-bond acceptors (Lipinski definition) is 3. The molecule has 0 bridgehead atoms. The van der Waals surface area contributed by atoms with Crippen molar-refractivity contribution in [2.45, 2.75) is 25.4 Å². The molecule has 30 heavy (non-hydrogen) atoms. The number of nitrogens with one attached hydrogen (secondary N) is 1. The molecule has 3 aromatic carbocycles. The summed E-state index contributed by atoms with van der Waals surface area (Å²) in [4.78, 5) is 20.2. The first-order chi connectivity index (χ1) is 14.7. The van der Waals surface area contributed by atoms with Crippen molar-refractivity contribution >= 4 is 27.6 Å². The van der Waals surface area contributed by atoms with Gasteiger partial charge in [-0.15, -0.1) is 0 Å². The highest BCUT2D eigenvalue weighted by molar-refractivity contribution is 6.15. The Morgan fingerprint density at radius 2 is 1.80 bits per heavy atom. The first kappa shape index (κ1) is 18.8. The Kier molecular flexibility index (Phi) is 4.93. The van der Waals surface area contributed by atoms with Crippen LogP contribution in [0, 0.1) is 0 Å². The normalized spacial score (nSPS) is 18.0. The molecule has 0 radical (unpaired) electrons. The number of carbonyl (C=O) groups is 1. The number of nitrogens with zero attached hydrogens (tertiary/aromatic N) is 2. The zero-order valence-corrected chi connectivity index (χ0v) is 17.1. The van der Waals surface area contributed by atoms with Gasteiger partial charge in [0.05, 0.1) is 11.1 Å². The summed E-state index contributed by atoms with van der Waals surface area (Å²) in [6, 6.07) is 25.1. The maximum atomic E-state index is 13.2. The van der Waals surface area contributed by atoms with Gasteiger partial charge in [0.15, 0.2) is 0 Å². The number of benzene rings is 3. The topological polar surface area (TPSA) is 45.2 Å². The first-order valence-electron chi connectivity index (χ1n) is 10.6. The van der Waals surface area contributed by atoms with Crippen molar-refractivity contribution in [2.75, 3.05) is 13.1 Å². The van der Waals surface area contributed by atoms with E-state index in [1.807, 2.05) is 36.4 Å². The van der Waals surface area contributed by atoms with E-state index < -0.39 is 0 Å². The molecule has 2 atom stereocenters. The number of fused-ring (bicyclic) bond motifs is 3. The Bertz CT molecular complexity index is 1200. The van der Waals surface area contributed by atoms with Crippen molar-refractivity contribution in [1.29, 1.82) is 0 Å². The second-order valence-electron chi connectivity index (χ2n) is 8.09. The molecule has 1 fully saturated rings. The fourth-order valence-corrected chi connectivity index (χ4v) is 4.56. The van der Waals surface area contributed by atoms with E-state index in [-0.39, 0.29) is 11.9 Å². The summed E-state index contributed by atoms with van der Waals surface area (Å²) in [5, 5.41) is 6.48. The number of aromatic nitrogens is 1. The van der Waals surface area contributed by atoms with E-state index in [4.69, 9.17) is 0 Å². The molecule has 1 amide bonds. The molecule has 2 heterocycles. The van der Waals surface area contributed by atoms with Gasteiger partial charge in [-0.1, -0.05) is 60.7 Å². The van der Waals surface area contributed by atoms with Gasteiger partial charge < -0.3 is 5.32 Å². The van der Waals surface area contributed by atoms with E-state index in [0.717, 1.165) is 41.2 Å². The van der Waals surface area contributed by atoms with Gasteiger partial charge in [0.25, 0.3) is 5.91 Å². The van der Waals surface area contributed by atoms with Gasteiger partial charge in [-0.05, 0) is 41.8 Å². The maximum Gasteiger partial charge on any atom is 0.253 e. The molecule has 0 saturated carbocycles. The largest absolute Gasteiger partial charge is 0.348 e. The van der Waals surface area contributed by atoms with Crippen molar-refractivity contribution in [1.82, 2.24) is 15.2 Å². The van der Waals surface area contributed by atoms with Gasteiger partial charge in [-0.2, -0.15) is 0 Å². The second kappa shape index (κ2) is 7.88. The molecule has 4 heteroatoms. The summed E-state index contributed by atoms with van der Waals surface area (Å²) in [5.74, 6) is -0.0383. The van der Waals surface area contributed by atoms with Crippen LogP contribution in [0.1, 0.15) is 35.3 Å². The molecule has 2 unspecified atom stereocenters. The molecule has 150 valence electrons. The molecule has 0 aliphatic carbocycles. The number of carbonyl (C=O) groups excluding carboxylic acids is 1. The fourth-order valence-electron chi connectivity index (χ4n) is 4.56. The number of rotatable bonds is 4. The van der Waals surface area contributed by atoms with Crippen molar-refractivity contribution in [3.05, 3.63) is 90.1 Å². The lowest BCUT2D eigenvalue weighted by Gasteiger charge is -2.25. The molecule has 1 N–H and O–H groups in total. The fraction of sp³-hybridized carbons (Fsp3) is 0.231. The highest BCUT2D eigenvalue weighted by atomic mass is 16.1. The van der Waals surface area contributed by atoms with Crippen LogP contribution in [-0.4, -0.2) is 34.9 Å². The molecular weight excluding hydrogens is 370 g/mol. The summed E-state index contributed by atoms with van der Waals surface area (Å²) in [7, 11) is 0. The number of likely N-dealkylation sites (tertiary alicyclic amines) is 1. The molecule has 1 aromatic heterocycles. The van der Waals surface area contributed by atoms with E-state index in [1.165, 1.54) is 5.56 Å². The summed E-state index contributed by atoms with van der Waals surface area (Å²) in [6.07, 6.45) is 2.72. The zero-order valence-electron chi connectivity index (χ0n) is 17.1. The van der Waals surface area contributed by atoms with Crippen molar-refractivity contribution in [3.63, 3.8) is 0 Å². The molecule has 5 rings (SSSR count). The number of hydrogen-bond donors (Lipinski definition) is 1. The third-order valence-corrected chi connectivity index (χ3v) is 6.24. The zero-order chi connectivity index (χ0) is 20.5. The monoisotopic (exact) mass is 395 g/mol. The minimum absolute atomic E-state index is 0.0383. The summed E-state index contributed by atoms with van der Waals surface area (Å²) < 4.78 is 0. The average Bonchev–Trinajstić information content (AvgIpc) is 3.27. The number of amides is 1. The van der Waals surface area contributed by atoms with E-state index >= 15 is 0 Å². The third-order valence-electron chi connectivity index (χ3n) is 6.24. The van der Waals surface area contributed by atoms with Gasteiger partial charge in [0.2, 0.25) is 0 Å². The van der Waals surface area contributed by atoms with Gasteiger partial charge >= 0.3 is 0 Å². The second-order valence-corrected chi connectivity index (χ2v) is 8.09. The van der Waals surface area contributed by atoms with Crippen molar-refractivity contribution < 1.29 is 4.79 Å². The predicted octanol–water partition coefficient (Wildman–Crippen LogP) is 4.95. The Labute approximate surface area is 176 Å². The van der Waals surface area contributed by atoms with Crippen LogP contribution in [0.25, 0.3) is 21.7 Å². The average molecular weight is 396 g/mol. The first-order valence-corrected chi connectivity index (χ1v) is 10.6. The van der Waals surface area contributed by atoms with Crippen LogP contribution < -0.4 is 5.32 Å². The maximum absolute atomic E-state index is 13.2. The Morgan fingerprint density at radius 1 is 1.03 bits per heavy atom. The van der Waals surface area contributed by atoms with Crippen molar-refractivity contribution in [2.24, 2.45) is 0 Å². The molecule has 4 nitrogen and oxygen atoms in total. The Hall–Kier alpha value is -3.24. The lowest BCUT2D eigenvalue weighted by atomic mass is 10.00. The molecule has 4 aromatic rings. The summed E-state index contributed by atoms with van der Waals surface area (Å²) >= 11 is 0. The molecule has 1 aliphatic heterocycles. The third kappa shape index (κ3) is 3.44. The van der Waals surface area contributed by atoms with Crippen LogP contribution >= 0.6 is 0 Å². The lowest BCUT2D eigenvalue weighted by molar-refractivity contribution is 0.0938. The van der Waals surface area contributed by atoms with E-state index in [1.54, 1.807) is 6.20 Å². The SMILES string of the molecule is CC(c1ccccc1)N1CCC(NC(=O)c2cc3ccccc3c3cccnc23)C1. The minimum Gasteiger partial charge on any atom is -0.348 e. The molecule has 1 aliphatic rings. The highest BCUT2D eigenvalue weighted by Gasteiger charge is 2.28. The van der Waals surface area contributed by atoms with Gasteiger partial charge in [0.1, 0.15) is 0 Å². The van der Waals surface area contributed by atoms with Crippen LogP contribution in [0.4, 0.5) is 0 Å². The van der Waals surface area contributed by atoms with Crippen LogP contribution in [0.3, 0.4) is 0 Å². The summed E-state index contributed by atoms with van der Waals surface area (Å²) in [6.45, 7) is 4.08. The van der Waals surface area contributed by atoms with Crippen LogP contribution in [0.5, 0.6) is 0 Å². The Balaban J connectivity index is 1.38. The van der Waals surface area contributed by atoms with E-state index in [9.17, 15) is 4.79 Å². The number of pyridine rings is 1.